The van der Waals surface area contributed by atoms with Crippen molar-refractivity contribution >= 4 is 5.69 Å². The Morgan fingerprint density at radius 2 is 1.95 bits per heavy atom. The number of rotatable bonds is 2. The Labute approximate surface area is 116 Å². The molecule has 3 nitrogen and oxygen atoms in total. The summed E-state index contributed by atoms with van der Waals surface area (Å²) in [7, 11) is 0. The summed E-state index contributed by atoms with van der Waals surface area (Å²) in [6.45, 7) is 10.7. The second-order valence-electron chi connectivity index (χ2n) is 6.53. The van der Waals surface area contributed by atoms with Crippen LogP contribution in [0.25, 0.3) is 0 Å². The van der Waals surface area contributed by atoms with Crippen molar-refractivity contribution in [1.29, 1.82) is 0 Å². The fourth-order valence-electron chi connectivity index (χ4n) is 3.18. The summed E-state index contributed by atoms with van der Waals surface area (Å²) in [6.07, 6.45) is 1.04. The van der Waals surface area contributed by atoms with Crippen molar-refractivity contribution in [2.45, 2.75) is 46.2 Å². The number of anilines is 1. The van der Waals surface area contributed by atoms with Crippen LogP contribution in [0, 0.1) is 5.41 Å². The molecular weight excluding hydrogens is 236 g/mol. The van der Waals surface area contributed by atoms with Crippen molar-refractivity contribution in [2.75, 3.05) is 18.1 Å². The quantitative estimate of drug-likeness (QED) is 0.890. The highest BCUT2D eigenvalue weighted by atomic mass is 16.5. The third-order valence-electron chi connectivity index (χ3n) is 3.70. The molecule has 1 heterocycles. The Morgan fingerprint density at radius 3 is 2.58 bits per heavy atom. The highest BCUT2D eigenvalue weighted by Gasteiger charge is 2.35. The Hall–Kier alpha value is -1.22. The van der Waals surface area contributed by atoms with Crippen LogP contribution in [0.4, 0.5) is 5.69 Å². The van der Waals surface area contributed by atoms with E-state index in [0.717, 1.165) is 25.3 Å². The minimum atomic E-state index is 0.117. The minimum Gasteiger partial charge on any atom is -0.491 e. The van der Waals surface area contributed by atoms with Gasteiger partial charge in [-0.3, -0.25) is 0 Å². The second-order valence-corrected chi connectivity index (χ2v) is 6.53. The van der Waals surface area contributed by atoms with Crippen LogP contribution in [0.1, 0.15) is 34.1 Å². The van der Waals surface area contributed by atoms with E-state index in [-0.39, 0.29) is 11.5 Å². The molecule has 0 aliphatic carbocycles. The van der Waals surface area contributed by atoms with Crippen molar-refractivity contribution < 1.29 is 4.74 Å². The Bertz CT molecular complexity index is 423. The van der Waals surface area contributed by atoms with Crippen LogP contribution < -0.4 is 15.4 Å². The molecule has 0 saturated heterocycles. The standard InChI is InChI=1S/C16H26N2O/c1-12(17)15(16(2,3)4)18-10-7-11-19-14-9-6-5-8-13(14)18/h5-6,8-9,12,15H,7,10-11,17H2,1-4H3. The van der Waals surface area contributed by atoms with Gasteiger partial charge in [0, 0.05) is 18.6 Å². The van der Waals surface area contributed by atoms with Gasteiger partial charge in [-0.25, -0.2) is 0 Å². The van der Waals surface area contributed by atoms with Crippen molar-refractivity contribution in [3.63, 3.8) is 0 Å². The zero-order chi connectivity index (χ0) is 14.0. The highest BCUT2D eigenvalue weighted by molar-refractivity contribution is 5.60. The Balaban J connectivity index is 2.42. The van der Waals surface area contributed by atoms with Gasteiger partial charge in [0.15, 0.2) is 0 Å². The molecule has 0 aromatic heterocycles. The van der Waals surface area contributed by atoms with Crippen LogP contribution in [0.5, 0.6) is 5.75 Å². The van der Waals surface area contributed by atoms with Gasteiger partial charge in [-0.1, -0.05) is 32.9 Å². The molecule has 1 aliphatic rings. The zero-order valence-corrected chi connectivity index (χ0v) is 12.5. The van der Waals surface area contributed by atoms with E-state index in [1.807, 2.05) is 6.07 Å². The van der Waals surface area contributed by atoms with Crippen LogP contribution in [0.15, 0.2) is 24.3 Å². The van der Waals surface area contributed by atoms with Gasteiger partial charge in [0.05, 0.1) is 12.3 Å². The first-order chi connectivity index (χ1) is 8.91. The lowest BCUT2D eigenvalue weighted by atomic mass is 9.81. The number of nitrogens with two attached hydrogens (primary N) is 1. The molecule has 106 valence electrons. The number of ether oxygens (including phenoxy) is 1. The summed E-state index contributed by atoms with van der Waals surface area (Å²) >= 11 is 0. The molecule has 2 atom stereocenters. The SMILES string of the molecule is CC(N)C(N1CCCOc2ccccc21)C(C)(C)C. The monoisotopic (exact) mass is 262 g/mol. The number of benzene rings is 1. The van der Waals surface area contributed by atoms with E-state index in [1.54, 1.807) is 0 Å². The molecule has 0 saturated carbocycles. The maximum atomic E-state index is 6.28. The number of fused-ring (bicyclic) bond motifs is 1. The van der Waals surface area contributed by atoms with E-state index in [1.165, 1.54) is 5.69 Å². The first-order valence-electron chi connectivity index (χ1n) is 7.15. The van der Waals surface area contributed by atoms with Gasteiger partial charge in [0.2, 0.25) is 0 Å². The van der Waals surface area contributed by atoms with Crippen molar-refractivity contribution in [2.24, 2.45) is 11.1 Å². The summed E-state index contributed by atoms with van der Waals surface area (Å²) in [6, 6.07) is 8.71. The third kappa shape index (κ3) is 3.03. The predicted octanol–water partition coefficient (Wildman–Crippen LogP) is 3.04. The van der Waals surface area contributed by atoms with E-state index in [2.05, 4.69) is 50.8 Å². The topological polar surface area (TPSA) is 38.5 Å². The predicted molar refractivity (Wildman–Crippen MR) is 80.8 cm³/mol. The maximum absolute atomic E-state index is 6.28. The Kier molecular flexibility index (Phi) is 4.04. The van der Waals surface area contributed by atoms with Gasteiger partial charge in [0.1, 0.15) is 5.75 Å². The molecular formula is C16H26N2O. The molecule has 0 spiro atoms. The molecule has 2 unspecified atom stereocenters. The molecule has 19 heavy (non-hydrogen) atoms. The van der Waals surface area contributed by atoms with Crippen LogP contribution in [-0.2, 0) is 0 Å². The van der Waals surface area contributed by atoms with Crippen molar-refractivity contribution in [1.82, 2.24) is 0 Å². The number of hydrogen-bond acceptors (Lipinski definition) is 3. The summed E-state index contributed by atoms with van der Waals surface area (Å²) in [4.78, 5) is 2.44. The summed E-state index contributed by atoms with van der Waals surface area (Å²) in [5, 5.41) is 0. The van der Waals surface area contributed by atoms with E-state index >= 15 is 0 Å². The lowest BCUT2D eigenvalue weighted by molar-refractivity contribution is 0.271. The van der Waals surface area contributed by atoms with Crippen LogP contribution in [-0.4, -0.2) is 25.2 Å². The zero-order valence-electron chi connectivity index (χ0n) is 12.5. The van der Waals surface area contributed by atoms with Crippen LogP contribution in [0.2, 0.25) is 0 Å². The number of para-hydroxylation sites is 2. The molecule has 0 fully saturated rings. The molecule has 2 N–H and O–H groups in total. The van der Waals surface area contributed by atoms with Crippen LogP contribution in [0.3, 0.4) is 0 Å². The first-order valence-corrected chi connectivity index (χ1v) is 7.15. The van der Waals surface area contributed by atoms with Gasteiger partial charge in [-0.2, -0.15) is 0 Å². The minimum absolute atomic E-state index is 0.117. The summed E-state index contributed by atoms with van der Waals surface area (Å²) < 4.78 is 5.84. The lowest BCUT2D eigenvalue weighted by Gasteiger charge is -2.43. The molecule has 0 radical (unpaired) electrons. The number of hydrogen-bond donors (Lipinski definition) is 1. The van der Waals surface area contributed by atoms with Gasteiger partial charge in [-0.15, -0.1) is 0 Å². The smallest absolute Gasteiger partial charge is 0.142 e. The van der Waals surface area contributed by atoms with Gasteiger partial charge >= 0.3 is 0 Å². The maximum Gasteiger partial charge on any atom is 0.142 e. The molecule has 2 rings (SSSR count). The summed E-state index contributed by atoms with van der Waals surface area (Å²) in [5.41, 5.74) is 7.59. The lowest BCUT2D eigenvalue weighted by Crippen LogP contribution is -2.54. The average molecular weight is 262 g/mol. The van der Waals surface area contributed by atoms with Gasteiger partial charge < -0.3 is 15.4 Å². The van der Waals surface area contributed by atoms with E-state index in [9.17, 15) is 0 Å². The Morgan fingerprint density at radius 1 is 1.26 bits per heavy atom. The van der Waals surface area contributed by atoms with Crippen molar-refractivity contribution in [3.8, 4) is 5.75 Å². The van der Waals surface area contributed by atoms with E-state index in [0.29, 0.717) is 6.04 Å². The largest absolute Gasteiger partial charge is 0.491 e. The number of nitrogens with zero attached hydrogens (tertiary/aromatic N) is 1. The molecule has 3 heteroatoms. The molecule has 1 aromatic rings. The van der Waals surface area contributed by atoms with E-state index < -0.39 is 0 Å². The molecule has 1 aliphatic heterocycles. The fourth-order valence-corrected chi connectivity index (χ4v) is 3.18. The van der Waals surface area contributed by atoms with Crippen LogP contribution >= 0.6 is 0 Å². The average Bonchev–Trinajstić information content (AvgIpc) is 2.50. The normalized spacial score (nSPS) is 19.1. The molecule has 0 amide bonds. The third-order valence-corrected chi connectivity index (χ3v) is 3.70. The first kappa shape index (κ1) is 14.2. The highest BCUT2D eigenvalue weighted by Crippen LogP contribution is 2.37. The summed E-state index contributed by atoms with van der Waals surface area (Å²) in [5.74, 6) is 0.981. The van der Waals surface area contributed by atoms with Crippen molar-refractivity contribution in [3.05, 3.63) is 24.3 Å². The van der Waals surface area contributed by atoms with E-state index in [4.69, 9.17) is 10.5 Å². The fraction of sp³-hybridized carbons (Fsp3) is 0.625. The molecule has 0 bridgehead atoms. The second kappa shape index (κ2) is 5.41. The molecule has 1 aromatic carbocycles. The van der Waals surface area contributed by atoms with Gasteiger partial charge in [-0.05, 0) is 30.9 Å². The van der Waals surface area contributed by atoms with Gasteiger partial charge in [0.25, 0.3) is 0 Å².